The van der Waals surface area contributed by atoms with E-state index in [0.29, 0.717) is 0 Å². The van der Waals surface area contributed by atoms with Crippen molar-refractivity contribution in [3.8, 4) is 0 Å². The summed E-state index contributed by atoms with van der Waals surface area (Å²) in [6.07, 6.45) is -4.26. The number of likely N-dealkylation sites (N-methyl/N-ethyl adjacent to an activating group) is 2. The maximum absolute atomic E-state index is 12.4. The number of nitrogens with one attached hydrogen (secondary N) is 1. The van der Waals surface area contributed by atoms with Crippen molar-refractivity contribution < 1.29 is 13.2 Å². The standard InChI is InChI=1S/C13H19F3N2/c1-10(18(3)9-8-17-2)11-4-6-12(7-5-11)13(14,15)16/h4-7,10,17H,8-9H2,1-3H3. The highest BCUT2D eigenvalue weighted by Gasteiger charge is 2.30. The zero-order valence-electron chi connectivity index (χ0n) is 10.9. The quantitative estimate of drug-likeness (QED) is 0.875. The Labute approximate surface area is 106 Å². The molecule has 1 aromatic carbocycles. The van der Waals surface area contributed by atoms with Crippen LogP contribution >= 0.6 is 0 Å². The van der Waals surface area contributed by atoms with E-state index in [-0.39, 0.29) is 6.04 Å². The van der Waals surface area contributed by atoms with Crippen molar-refractivity contribution in [2.45, 2.75) is 19.1 Å². The second kappa shape index (κ2) is 6.20. The van der Waals surface area contributed by atoms with E-state index in [4.69, 9.17) is 0 Å². The molecule has 5 heteroatoms. The molecule has 0 fully saturated rings. The molecule has 0 saturated heterocycles. The van der Waals surface area contributed by atoms with Gasteiger partial charge in [0.2, 0.25) is 0 Å². The summed E-state index contributed by atoms with van der Waals surface area (Å²) >= 11 is 0. The molecule has 1 N–H and O–H groups in total. The molecule has 0 aliphatic heterocycles. The van der Waals surface area contributed by atoms with Gasteiger partial charge in [-0.05, 0) is 38.7 Å². The van der Waals surface area contributed by atoms with Crippen molar-refractivity contribution in [1.82, 2.24) is 10.2 Å². The van der Waals surface area contributed by atoms with Crippen molar-refractivity contribution in [3.05, 3.63) is 35.4 Å². The zero-order chi connectivity index (χ0) is 13.8. The second-order valence-corrected chi connectivity index (χ2v) is 4.38. The van der Waals surface area contributed by atoms with Gasteiger partial charge in [0.15, 0.2) is 0 Å². The van der Waals surface area contributed by atoms with E-state index in [9.17, 15) is 13.2 Å². The Balaban J connectivity index is 2.72. The Bertz CT molecular complexity index is 359. The van der Waals surface area contributed by atoms with Crippen molar-refractivity contribution in [2.24, 2.45) is 0 Å². The predicted molar refractivity (Wildman–Crippen MR) is 66.4 cm³/mol. The average Bonchev–Trinajstić information content (AvgIpc) is 2.34. The molecule has 0 aliphatic rings. The van der Waals surface area contributed by atoms with Gasteiger partial charge in [-0.3, -0.25) is 4.90 Å². The van der Waals surface area contributed by atoms with Gasteiger partial charge in [-0.2, -0.15) is 13.2 Å². The van der Waals surface area contributed by atoms with E-state index in [1.807, 2.05) is 21.0 Å². The Morgan fingerprint density at radius 3 is 2.22 bits per heavy atom. The van der Waals surface area contributed by atoms with Gasteiger partial charge in [-0.1, -0.05) is 12.1 Å². The Kier molecular flexibility index (Phi) is 5.16. The summed E-state index contributed by atoms with van der Waals surface area (Å²) in [4.78, 5) is 2.10. The molecule has 1 unspecified atom stereocenters. The lowest BCUT2D eigenvalue weighted by Gasteiger charge is -2.25. The predicted octanol–water partition coefficient (Wildman–Crippen LogP) is 2.92. The van der Waals surface area contributed by atoms with E-state index in [1.54, 1.807) is 12.1 Å². The van der Waals surface area contributed by atoms with Crippen LogP contribution in [-0.4, -0.2) is 32.1 Å². The third-order valence-electron chi connectivity index (χ3n) is 3.10. The van der Waals surface area contributed by atoms with E-state index in [1.165, 1.54) is 0 Å². The molecule has 0 bridgehead atoms. The van der Waals surface area contributed by atoms with Crippen molar-refractivity contribution >= 4 is 0 Å². The maximum Gasteiger partial charge on any atom is 0.416 e. The highest BCUT2D eigenvalue weighted by Crippen LogP contribution is 2.30. The molecule has 1 atom stereocenters. The molecule has 102 valence electrons. The Morgan fingerprint density at radius 2 is 1.78 bits per heavy atom. The number of nitrogens with zero attached hydrogens (tertiary/aromatic N) is 1. The summed E-state index contributed by atoms with van der Waals surface area (Å²) < 4.78 is 37.3. The number of hydrogen-bond donors (Lipinski definition) is 1. The fraction of sp³-hybridized carbons (Fsp3) is 0.538. The van der Waals surface area contributed by atoms with E-state index in [2.05, 4.69) is 10.2 Å². The topological polar surface area (TPSA) is 15.3 Å². The van der Waals surface area contributed by atoms with E-state index < -0.39 is 11.7 Å². The summed E-state index contributed by atoms with van der Waals surface area (Å²) in [7, 11) is 3.83. The van der Waals surface area contributed by atoms with Crippen LogP contribution in [0.5, 0.6) is 0 Å². The van der Waals surface area contributed by atoms with Gasteiger partial charge in [0, 0.05) is 19.1 Å². The normalized spacial score (nSPS) is 13.9. The van der Waals surface area contributed by atoms with Crippen molar-refractivity contribution in [3.63, 3.8) is 0 Å². The highest BCUT2D eigenvalue weighted by atomic mass is 19.4. The van der Waals surface area contributed by atoms with Crippen LogP contribution in [0.2, 0.25) is 0 Å². The molecule has 0 aliphatic carbocycles. The summed E-state index contributed by atoms with van der Waals surface area (Å²) in [5.41, 5.74) is 0.290. The van der Waals surface area contributed by atoms with Gasteiger partial charge >= 0.3 is 6.18 Å². The van der Waals surface area contributed by atoms with Crippen LogP contribution < -0.4 is 5.32 Å². The lowest BCUT2D eigenvalue weighted by atomic mass is 10.0. The van der Waals surface area contributed by atoms with Gasteiger partial charge in [-0.25, -0.2) is 0 Å². The number of alkyl halides is 3. The van der Waals surface area contributed by atoms with Crippen molar-refractivity contribution in [2.75, 3.05) is 27.2 Å². The molecular formula is C13H19F3N2. The molecule has 1 rings (SSSR count). The average molecular weight is 260 g/mol. The first kappa shape index (κ1) is 15.0. The minimum atomic E-state index is -4.26. The molecule has 0 radical (unpaired) electrons. The number of hydrogen-bond acceptors (Lipinski definition) is 2. The molecule has 0 spiro atoms. The smallest absolute Gasteiger partial charge is 0.318 e. The van der Waals surface area contributed by atoms with E-state index in [0.717, 1.165) is 30.8 Å². The van der Waals surface area contributed by atoms with Gasteiger partial charge in [0.1, 0.15) is 0 Å². The molecule has 2 nitrogen and oxygen atoms in total. The molecule has 0 aromatic heterocycles. The van der Waals surface area contributed by atoms with Gasteiger partial charge in [0.05, 0.1) is 5.56 Å². The minimum Gasteiger partial charge on any atom is -0.318 e. The second-order valence-electron chi connectivity index (χ2n) is 4.38. The summed E-state index contributed by atoms with van der Waals surface area (Å²) in [6.45, 7) is 3.68. The van der Waals surface area contributed by atoms with Crippen molar-refractivity contribution in [1.29, 1.82) is 0 Å². The Morgan fingerprint density at radius 1 is 1.22 bits per heavy atom. The SMILES string of the molecule is CNCCN(C)C(C)c1ccc(C(F)(F)F)cc1. The van der Waals surface area contributed by atoms with Crippen LogP contribution in [0.3, 0.4) is 0 Å². The number of benzene rings is 1. The molecule has 0 saturated carbocycles. The number of rotatable bonds is 5. The third-order valence-corrected chi connectivity index (χ3v) is 3.10. The molecule has 18 heavy (non-hydrogen) atoms. The first-order valence-corrected chi connectivity index (χ1v) is 5.88. The summed E-state index contributed by atoms with van der Waals surface area (Å²) in [5, 5.41) is 3.04. The number of halogens is 3. The largest absolute Gasteiger partial charge is 0.416 e. The van der Waals surface area contributed by atoms with Gasteiger partial charge in [0.25, 0.3) is 0 Å². The van der Waals surface area contributed by atoms with Crippen LogP contribution in [0.15, 0.2) is 24.3 Å². The first-order chi connectivity index (χ1) is 8.36. The van der Waals surface area contributed by atoms with Crippen LogP contribution in [0.25, 0.3) is 0 Å². The highest BCUT2D eigenvalue weighted by molar-refractivity contribution is 5.26. The minimum absolute atomic E-state index is 0.0978. The lowest BCUT2D eigenvalue weighted by molar-refractivity contribution is -0.137. The van der Waals surface area contributed by atoms with Crippen LogP contribution in [-0.2, 0) is 6.18 Å². The maximum atomic E-state index is 12.4. The zero-order valence-corrected chi connectivity index (χ0v) is 10.9. The molecule has 0 amide bonds. The summed E-state index contributed by atoms with van der Waals surface area (Å²) in [6, 6.07) is 5.46. The monoisotopic (exact) mass is 260 g/mol. The molecular weight excluding hydrogens is 241 g/mol. The van der Waals surface area contributed by atoms with Crippen LogP contribution in [0, 0.1) is 0 Å². The van der Waals surface area contributed by atoms with Crippen LogP contribution in [0.1, 0.15) is 24.1 Å². The molecule has 0 heterocycles. The fourth-order valence-electron chi connectivity index (χ4n) is 1.69. The fourth-order valence-corrected chi connectivity index (χ4v) is 1.69. The van der Waals surface area contributed by atoms with Gasteiger partial charge < -0.3 is 5.32 Å². The van der Waals surface area contributed by atoms with E-state index >= 15 is 0 Å². The summed E-state index contributed by atoms with van der Waals surface area (Å²) in [5.74, 6) is 0. The first-order valence-electron chi connectivity index (χ1n) is 5.88. The molecule has 1 aromatic rings. The third kappa shape index (κ3) is 3.99. The van der Waals surface area contributed by atoms with Gasteiger partial charge in [-0.15, -0.1) is 0 Å². The van der Waals surface area contributed by atoms with Crippen LogP contribution in [0.4, 0.5) is 13.2 Å². The lowest BCUT2D eigenvalue weighted by Crippen LogP contribution is -2.29. The Hall–Kier alpha value is -1.07.